The van der Waals surface area contributed by atoms with Gasteiger partial charge in [0.2, 0.25) is 10.0 Å². The lowest BCUT2D eigenvalue weighted by atomic mass is 11.6. The minimum absolute atomic E-state index is 0.429. The summed E-state index contributed by atoms with van der Waals surface area (Å²) in [5, 5.41) is 0. The molecule has 13 heavy (non-hydrogen) atoms. The van der Waals surface area contributed by atoms with E-state index in [2.05, 4.69) is 4.28 Å². The topological polar surface area (TPSA) is 89.5 Å². The normalized spacial score (nSPS) is 14.5. The van der Waals surface area contributed by atoms with Crippen LogP contribution in [0.5, 0.6) is 0 Å². The summed E-state index contributed by atoms with van der Waals surface area (Å²) in [4.78, 5) is 0.733. The first kappa shape index (κ1) is 12.6. The van der Waals surface area contributed by atoms with Crippen molar-refractivity contribution >= 4 is 20.1 Å². The summed E-state index contributed by atoms with van der Waals surface area (Å²) >= 11 is 0. The van der Waals surface area contributed by atoms with Gasteiger partial charge >= 0.3 is 15.6 Å². The van der Waals surface area contributed by atoms with Crippen molar-refractivity contribution in [3.05, 3.63) is 0 Å². The van der Waals surface area contributed by atoms with Crippen molar-refractivity contribution in [3.8, 4) is 0 Å². The van der Waals surface area contributed by atoms with Crippen molar-refractivity contribution in [3.63, 3.8) is 0 Å². The lowest BCUT2D eigenvalue weighted by Crippen LogP contribution is -2.33. The molecule has 0 aliphatic rings. The van der Waals surface area contributed by atoms with Crippen LogP contribution in [0.3, 0.4) is 0 Å². The molecule has 11 heteroatoms. The summed E-state index contributed by atoms with van der Waals surface area (Å²) < 4.78 is 77.7. The molecule has 1 N–H and O–H groups in total. The van der Waals surface area contributed by atoms with Crippen molar-refractivity contribution in [2.45, 2.75) is 5.51 Å². The maximum Gasteiger partial charge on any atom is 0.524 e. The number of hydrogen-bond donors (Lipinski definition) is 1. The van der Waals surface area contributed by atoms with Crippen LogP contribution in [-0.4, -0.2) is 28.6 Å². The van der Waals surface area contributed by atoms with Gasteiger partial charge in [0.25, 0.3) is 0 Å². The Morgan fingerprint density at radius 3 is 1.77 bits per heavy atom. The van der Waals surface area contributed by atoms with Crippen molar-refractivity contribution < 1.29 is 34.3 Å². The quantitative estimate of drug-likeness (QED) is 0.523. The van der Waals surface area contributed by atoms with Crippen molar-refractivity contribution in [1.29, 1.82) is 0 Å². The fourth-order valence-corrected chi connectivity index (χ4v) is 1.10. The monoisotopic (exact) mass is 243 g/mol. The second kappa shape index (κ2) is 3.40. The summed E-state index contributed by atoms with van der Waals surface area (Å²) in [6, 6.07) is 0. The second-order valence-corrected chi connectivity index (χ2v) is 5.09. The third-order valence-corrected chi connectivity index (χ3v) is 1.94. The number of halogens is 3. The lowest BCUT2D eigenvalue weighted by molar-refractivity contribution is -0.0558. The zero-order valence-corrected chi connectivity index (χ0v) is 7.62. The molecule has 0 aromatic carbocycles. The predicted molar refractivity (Wildman–Crippen MR) is 34.0 cm³/mol. The molecule has 0 unspecified atom stereocenters. The van der Waals surface area contributed by atoms with Gasteiger partial charge in [-0.05, 0) is 0 Å². The molecular formula is C2H4F3NO5S2. The molecular weight excluding hydrogens is 239 g/mol. The van der Waals surface area contributed by atoms with Gasteiger partial charge in [-0.25, -0.2) is 8.42 Å². The van der Waals surface area contributed by atoms with Gasteiger partial charge in [0.05, 0.1) is 6.26 Å². The van der Waals surface area contributed by atoms with E-state index >= 15 is 0 Å². The summed E-state index contributed by atoms with van der Waals surface area (Å²) in [7, 11) is -10.1. The van der Waals surface area contributed by atoms with Gasteiger partial charge < -0.3 is 0 Å². The zero-order chi connectivity index (χ0) is 10.9. The highest BCUT2D eigenvalue weighted by molar-refractivity contribution is 7.90. The van der Waals surface area contributed by atoms with E-state index in [0.717, 1.165) is 4.89 Å². The van der Waals surface area contributed by atoms with Crippen LogP contribution in [0.4, 0.5) is 13.2 Å². The average molecular weight is 243 g/mol. The van der Waals surface area contributed by atoms with Gasteiger partial charge in [-0.1, -0.05) is 4.89 Å². The first-order chi connectivity index (χ1) is 5.46. The summed E-state index contributed by atoms with van der Waals surface area (Å²) in [5.41, 5.74) is -5.66. The average Bonchev–Trinajstić information content (AvgIpc) is 1.79. The molecule has 0 bridgehead atoms. The van der Waals surface area contributed by atoms with Crippen LogP contribution < -0.4 is 4.89 Å². The summed E-state index contributed by atoms with van der Waals surface area (Å²) in [5.74, 6) is 0. The fraction of sp³-hybridized carbons (Fsp3) is 1.00. The number of rotatable bonds is 3. The molecule has 0 atom stereocenters. The van der Waals surface area contributed by atoms with Crippen molar-refractivity contribution in [2.75, 3.05) is 6.26 Å². The van der Waals surface area contributed by atoms with Gasteiger partial charge in [0, 0.05) is 0 Å². The van der Waals surface area contributed by atoms with Gasteiger partial charge in [0.15, 0.2) is 0 Å². The molecule has 0 amide bonds. The molecule has 0 spiro atoms. The SMILES string of the molecule is CS(=O)(=O)NOS(=O)(=O)C(F)(F)F. The predicted octanol–water partition coefficient (Wildman–Crippen LogP) is -0.683. The molecule has 0 aliphatic carbocycles. The van der Waals surface area contributed by atoms with Crippen LogP contribution in [0.2, 0.25) is 0 Å². The van der Waals surface area contributed by atoms with E-state index in [1.165, 1.54) is 0 Å². The molecule has 0 aromatic rings. The third kappa shape index (κ3) is 4.40. The molecule has 0 heterocycles. The maximum atomic E-state index is 11.5. The van der Waals surface area contributed by atoms with Crippen LogP contribution in [0.15, 0.2) is 0 Å². The van der Waals surface area contributed by atoms with E-state index < -0.39 is 25.6 Å². The minimum atomic E-state index is -5.92. The molecule has 0 aromatic heterocycles. The molecule has 0 radical (unpaired) electrons. The second-order valence-electron chi connectivity index (χ2n) is 1.84. The molecule has 0 saturated heterocycles. The van der Waals surface area contributed by atoms with Gasteiger partial charge in [0.1, 0.15) is 0 Å². The van der Waals surface area contributed by atoms with E-state index in [1.807, 2.05) is 0 Å². The van der Waals surface area contributed by atoms with E-state index in [4.69, 9.17) is 0 Å². The Balaban J connectivity index is 4.59. The van der Waals surface area contributed by atoms with Crippen LogP contribution in [0.25, 0.3) is 0 Å². The molecule has 0 fully saturated rings. The minimum Gasteiger partial charge on any atom is -0.211 e. The molecule has 0 aliphatic heterocycles. The number of nitrogens with one attached hydrogen (secondary N) is 1. The first-order valence-electron chi connectivity index (χ1n) is 2.42. The van der Waals surface area contributed by atoms with E-state index in [0.29, 0.717) is 6.26 Å². The fourth-order valence-electron chi connectivity index (χ4n) is 0.154. The van der Waals surface area contributed by atoms with Crippen molar-refractivity contribution in [2.24, 2.45) is 0 Å². The Morgan fingerprint density at radius 2 is 1.54 bits per heavy atom. The van der Waals surface area contributed by atoms with Gasteiger partial charge in [-0.3, -0.25) is 0 Å². The Morgan fingerprint density at radius 1 is 1.15 bits per heavy atom. The largest absolute Gasteiger partial charge is 0.524 e. The Bertz CT molecular complexity index is 365. The Kier molecular flexibility index (Phi) is 3.30. The standard InChI is InChI=1S/C2H4F3NO5S2/c1-12(7,8)6-11-13(9,10)2(3,4)5/h6H,1H3. The maximum absolute atomic E-state index is 11.5. The third-order valence-electron chi connectivity index (χ3n) is 0.579. The number of sulfonamides is 1. The van der Waals surface area contributed by atoms with Crippen molar-refractivity contribution in [1.82, 2.24) is 4.89 Å². The molecule has 6 nitrogen and oxygen atoms in total. The van der Waals surface area contributed by atoms with Crippen LogP contribution in [0, 0.1) is 0 Å². The number of hydrogen-bond acceptors (Lipinski definition) is 5. The van der Waals surface area contributed by atoms with Crippen LogP contribution in [0.1, 0.15) is 0 Å². The number of alkyl halides is 3. The van der Waals surface area contributed by atoms with E-state index in [9.17, 15) is 30.0 Å². The van der Waals surface area contributed by atoms with Gasteiger partial charge in [-0.2, -0.15) is 25.9 Å². The highest BCUT2D eigenvalue weighted by atomic mass is 32.2. The summed E-state index contributed by atoms with van der Waals surface area (Å²) in [6.45, 7) is 0. The highest BCUT2D eigenvalue weighted by Gasteiger charge is 2.48. The first-order valence-corrected chi connectivity index (χ1v) is 5.72. The van der Waals surface area contributed by atoms with E-state index in [1.54, 1.807) is 0 Å². The smallest absolute Gasteiger partial charge is 0.211 e. The zero-order valence-electron chi connectivity index (χ0n) is 5.99. The van der Waals surface area contributed by atoms with Crippen LogP contribution >= 0.6 is 0 Å². The van der Waals surface area contributed by atoms with Gasteiger partial charge in [-0.15, -0.1) is 0 Å². The molecule has 0 rings (SSSR count). The Labute approximate surface area is 71.8 Å². The lowest BCUT2D eigenvalue weighted by Gasteiger charge is -2.06. The van der Waals surface area contributed by atoms with Crippen LogP contribution in [-0.2, 0) is 24.4 Å². The molecule has 80 valence electrons. The Hall–Kier alpha value is -0.390. The van der Waals surface area contributed by atoms with E-state index in [-0.39, 0.29) is 0 Å². The highest BCUT2D eigenvalue weighted by Crippen LogP contribution is 2.23. The molecule has 0 saturated carbocycles. The summed E-state index contributed by atoms with van der Waals surface area (Å²) in [6.07, 6.45) is 0.429.